The van der Waals surface area contributed by atoms with Crippen LogP contribution in [0.1, 0.15) is 0 Å². The molecule has 0 bridgehead atoms. The van der Waals surface area contributed by atoms with E-state index in [1.807, 2.05) is 0 Å². The molecule has 0 amide bonds. The summed E-state index contributed by atoms with van der Waals surface area (Å²) in [6, 6.07) is 2.88. The third-order valence-corrected chi connectivity index (χ3v) is 4.04. The zero-order chi connectivity index (χ0) is 10.9. The monoisotopic (exact) mass is 343 g/mol. The lowest BCUT2D eigenvalue weighted by Crippen LogP contribution is -2.18. The number of aromatic hydroxyl groups is 1. The number of benzene rings is 1. The number of hydrogen-bond donors (Lipinski definition) is 2. The van der Waals surface area contributed by atoms with Gasteiger partial charge in [0.2, 0.25) is 10.0 Å². The predicted octanol–water partition coefficient (Wildman–Crippen LogP) is 1.83. The average molecular weight is 345 g/mol. The van der Waals surface area contributed by atoms with Crippen LogP contribution in [0, 0.1) is 0 Å². The number of nitrogens with one attached hydrogen (secondary N) is 1. The van der Waals surface area contributed by atoms with Gasteiger partial charge in [-0.1, -0.05) is 15.9 Å². The minimum Gasteiger partial charge on any atom is -0.505 e. The maximum absolute atomic E-state index is 11.4. The molecule has 14 heavy (non-hydrogen) atoms. The standard InChI is InChI=1S/C7H7Br2NO3S/c1-10-14(12,13)6-3-4(8)2-5(9)7(6)11/h2-3,10-11H,1H3. The summed E-state index contributed by atoms with van der Waals surface area (Å²) < 4.78 is 25.8. The summed E-state index contributed by atoms with van der Waals surface area (Å²) in [5.41, 5.74) is 0. The first kappa shape index (κ1) is 12.0. The van der Waals surface area contributed by atoms with Crippen molar-refractivity contribution >= 4 is 41.9 Å². The lowest BCUT2D eigenvalue weighted by Gasteiger charge is -2.07. The number of halogens is 2. The first-order chi connectivity index (χ1) is 6.38. The number of phenolic OH excluding ortho intramolecular Hbond substituents is 1. The molecule has 7 heteroatoms. The normalized spacial score (nSPS) is 11.6. The topological polar surface area (TPSA) is 66.4 Å². The second kappa shape index (κ2) is 4.18. The number of rotatable bonds is 2. The van der Waals surface area contributed by atoms with Crippen molar-refractivity contribution in [3.8, 4) is 5.75 Å². The molecule has 0 radical (unpaired) electrons. The largest absolute Gasteiger partial charge is 0.505 e. The molecule has 0 aliphatic rings. The number of phenols is 1. The quantitative estimate of drug-likeness (QED) is 0.860. The van der Waals surface area contributed by atoms with Crippen molar-refractivity contribution in [2.24, 2.45) is 0 Å². The molecule has 1 aromatic rings. The zero-order valence-corrected chi connectivity index (χ0v) is 11.1. The molecule has 0 saturated carbocycles. The fourth-order valence-electron chi connectivity index (χ4n) is 0.857. The van der Waals surface area contributed by atoms with Gasteiger partial charge in [-0.3, -0.25) is 0 Å². The fourth-order valence-corrected chi connectivity index (χ4v) is 3.23. The van der Waals surface area contributed by atoms with Crippen LogP contribution in [0.3, 0.4) is 0 Å². The van der Waals surface area contributed by atoms with Crippen LogP contribution in [0.15, 0.2) is 26.0 Å². The second-order valence-electron chi connectivity index (χ2n) is 2.44. The minimum absolute atomic E-state index is 0.166. The van der Waals surface area contributed by atoms with Gasteiger partial charge in [0.05, 0.1) is 4.47 Å². The van der Waals surface area contributed by atoms with Crippen LogP contribution >= 0.6 is 31.9 Å². The molecule has 0 spiro atoms. The highest BCUT2D eigenvalue weighted by Crippen LogP contribution is 2.34. The van der Waals surface area contributed by atoms with Crippen molar-refractivity contribution in [1.82, 2.24) is 4.72 Å². The van der Waals surface area contributed by atoms with Gasteiger partial charge < -0.3 is 5.11 Å². The molecule has 1 aromatic carbocycles. The van der Waals surface area contributed by atoms with Crippen LogP contribution in [0.2, 0.25) is 0 Å². The average Bonchev–Trinajstić information content (AvgIpc) is 2.11. The van der Waals surface area contributed by atoms with E-state index in [0.717, 1.165) is 0 Å². The molecule has 0 unspecified atom stereocenters. The maximum Gasteiger partial charge on any atom is 0.244 e. The van der Waals surface area contributed by atoms with Crippen LogP contribution in [0.25, 0.3) is 0 Å². The van der Waals surface area contributed by atoms with Crippen LogP contribution < -0.4 is 4.72 Å². The minimum atomic E-state index is -3.63. The summed E-state index contributed by atoms with van der Waals surface area (Å²) in [5.74, 6) is -0.303. The Hall–Kier alpha value is -0.110. The second-order valence-corrected chi connectivity index (χ2v) is 6.07. The van der Waals surface area contributed by atoms with Crippen LogP contribution in [0.4, 0.5) is 0 Å². The Morgan fingerprint density at radius 3 is 2.43 bits per heavy atom. The Bertz CT molecular complexity index is 458. The van der Waals surface area contributed by atoms with E-state index in [2.05, 4.69) is 36.6 Å². The Morgan fingerprint density at radius 1 is 1.36 bits per heavy atom. The lowest BCUT2D eigenvalue weighted by molar-refractivity contribution is 0.454. The first-order valence-corrected chi connectivity index (χ1v) is 6.57. The van der Waals surface area contributed by atoms with Crippen molar-refractivity contribution in [3.63, 3.8) is 0 Å². The van der Waals surface area contributed by atoms with E-state index in [-0.39, 0.29) is 10.6 Å². The van der Waals surface area contributed by atoms with E-state index in [4.69, 9.17) is 0 Å². The van der Waals surface area contributed by atoms with Crippen molar-refractivity contribution in [2.45, 2.75) is 4.90 Å². The number of hydrogen-bond acceptors (Lipinski definition) is 3. The van der Waals surface area contributed by atoms with Gasteiger partial charge in [0, 0.05) is 4.47 Å². The van der Waals surface area contributed by atoms with Gasteiger partial charge in [-0.15, -0.1) is 0 Å². The van der Waals surface area contributed by atoms with E-state index in [1.54, 1.807) is 6.07 Å². The zero-order valence-electron chi connectivity index (χ0n) is 7.08. The molecule has 0 aromatic heterocycles. The summed E-state index contributed by atoms with van der Waals surface area (Å²) >= 11 is 6.18. The molecule has 0 aliphatic carbocycles. The Labute approximate surface area is 98.6 Å². The Morgan fingerprint density at radius 2 is 1.93 bits per heavy atom. The van der Waals surface area contributed by atoms with Gasteiger partial charge >= 0.3 is 0 Å². The molecule has 0 saturated heterocycles. The molecule has 0 aliphatic heterocycles. The van der Waals surface area contributed by atoms with E-state index in [0.29, 0.717) is 8.95 Å². The molecule has 0 fully saturated rings. The van der Waals surface area contributed by atoms with E-state index in [9.17, 15) is 13.5 Å². The van der Waals surface area contributed by atoms with Gasteiger partial charge in [-0.25, -0.2) is 13.1 Å². The molecule has 1 rings (SSSR count). The van der Waals surface area contributed by atoms with Gasteiger partial charge in [0.1, 0.15) is 10.6 Å². The van der Waals surface area contributed by atoms with Gasteiger partial charge in [-0.2, -0.15) is 0 Å². The first-order valence-electron chi connectivity index (χ1n) is 3.50. The SMILES string of the molecule is CNS(=O)(=O)c1cc(Br)cc(Br)c1O. The van der Waals surface area contributed by atoms with Gasteiger partial charge in [0.25, 0.3) is 0 Å². The van der Waals surface area contributed by atoms with Crippen LogP contribution in [0.5, 0.6) is 5.75 Å². The molecular weight excluding hydrogens is 338 g/mol. The third kappa shape index (κ3) is 2.28. The molecular formula is C7H7Br2NO3S. The lowest BCUT2D eigenvalue weighted by atomic mass is 10.3. The predicted molar refractivity (Wildman–Crippen MR) is 59.8 cm³/mol. The fraction of sp³-hybridized carbons (Fsp3) is 0.143. The van der Waals surface area contributed by atoms with Crippen LogP contribution in [-0.4, -0.2) is 20.6 Å². The highest BCUT2D eigenvalue weighted by atomic mass is 79.9. The molecule has 2 N–H and O–H groups in total. The molecule has 4 nitrogen and oxygen atoms in total. The summed E-state index contributed by atoms with van der Waals surface area (Å²) in [5, 5.41) is 9.50. The summed E-state index contributed by atoms with van der Waals surface area (Å²) in [6.07, 6.45) is 0. The van der Waals surface area contributed by atoms with Crippen molar-refractivity contribution in [2.75, 3.05) is 7.05 Å². The summed E-state index contributed by atoms with van der Waals surface area (Å²) in [7, 11) is -2.35. The summed E-state index contributed by atoms with van der Waals surface area (Å²) in [4.78, 5) is -0.166. The number of sulfonamides is 1. The highest BCUT2D eigenvalue weighted by Gasteiger charge is 2.19. The van der Waals surface area contributed by atoms with Gasteiger partial charge in [0.15, 0.2) is 0 Å². The Balaban J connectivity index is 3.50. The van der Waals surface area contributed by atoms with Gasteiger partial charge in [-0.05, 0) is 35.1 Å². The van der Waals surface area contributed by atoms with E-state index < -0.39 is 10.0 Å². The van der Waals surface area contributed by atoms with Crippen molar-refractivity contribution in [1.29, 1.82) is 0 Å². The van der Waals surface area contributed by atoms with Crippen molar-refractivity contribution in [3.05, 3.63) is 21.1 Å². The molecule has 0 atom stereocenters. The van der Waals surface area contributed by atoms with Crippen molar-refractivity contribution < 1.29 is 13.5 Å². The third-order valence-electron chi connectivity index (χ3n) is 1.55. The molecule has 0 heterocycles. The Kier molecular flexibility index (Phi) is 3.57. The smallest absolute Gasteiger partial charge is 0.244 e. The van der Waals surface area contributed by atoms with Crippen LogP contribution in [-0.2, 0) is 10.0 Å². The van der Waals surface area contributed by atoms with E-state index >= 15 is 0 Å². The van der Waals surface area contributed by atoms with E-state index in [1.165, 1.54) is 13.1 Å². The highest BCUT2D eigenvalue weighted by molar-refractivity contribution is 9.11. The summed E-state index contributed by atoms with van der Waals surface area (Å²) in [6.45, 7) is 0. The molecule has 78 valence electrons. The maximum atomic E-state index is 11.4.